The summed E-state index contributed by atoms with van der Waals surface area (Å²) in [6, 6.07) is 16.1. The molecule has 3 aromatic heterocycles. The van der Waals surface area contributed by atoms with Gasteiger partial charge in [0.2, 0.25) is 0 Å². The van der Waals surface area contributed by atoms with E-state index in [0.717, 1.165) is 17.3 Å². The normalized spacial score (nSPS) is 12.4. The third-order valence-corrected chi connectivity index (χ3v) is 7.72. The van der Waals surface area contributed by atoms with E-state index in [1.807, 2.05) is 18.2 Å². The minimum Gasteiger partial charge on any atom is -0.338 e. The van der Waals surface area contributed by atoms with Crippen LogP contribution in [-0.4, -0.2) is 43.3 Å². The molecule has 0 aliphatic heterocycles. The van der Waals surface area contributed by atoms with Crippen molar-refractivity contribution in [2.24, 2.45) is 0 Å². The molecular weight excluding hydrogens is 450 g/mol. The molecule has 0 unspecified atom stereocenters. The van der Waals surface area contributed by atoms with Gasteiger partial charge in [0, 0.05) is 28.9 Å². The topological polar surface area (TPSA) is 138 Å². The number of sulfone groups is 1. The molecule has 9 nitrogen and oxygen atoms in total. The number of nitrogens with one attached hydrogen (secondary N) is 3. The van der Waals surface area contributed by atoms with Crippen LogP contribution >= 0.6 is 0 Å². The van der Waals surface area contributed by atoms with Crippen molar-refractivity contribution < 1.29 is 16.8 Å². The second-order valence-electron chi connectivity index (χ2n) is 7.28. The van der Waals surface area contributed by atoms with Gasteiger partial charge in [-0.3, -0.25) is 9.82 Å². The fourth-order valence-electron chi connectivity index (χ4n) is 3.56. The zero-order valence-corrected chi connectivity index (χ0v) is 18.3. The molecule has 0 aliphatic carbocycles. The first-order valence-corrected chi connectivity index (χ1v) is 12.8. The Morgan fingerprint density at radius 1 is 0.906 bits per heavy atom. The number of hydrogen-bond acceptors (Lipinski definition) is 6. The smallest absolute Gasteiger partial charge is 0.263 e. The van der Waals surface area contributed by atoms with Crippen molar-refractivity contribution in [1.82, 2.24) is 20.2 Å². The third-order valence-electron chi connectivity index (χ3n) is 5.00. The fraction of sp³-hybridized carbons (Fsp3) is 0.0476. The van der Waals surface area contributed by atoms with Crippen LogP contribution in [0.15, 0.2) is 76.7 Å². The lowest BCUT2D eigenvalue weighted by atomic mass is 10.1. The molecule has 0 saturated heterocycles. The SMILES string of the molecule is CS(=O)(=O)c1ccccc1S(=O)(=O)Nc1ccc2[nH]nc(-c3cc4cccnc4[nH]3)c2c1. The number of benzene rings is 2. The van der Waals surface area contributed by atoms with Gasteiger partial charge in [0.15, 0.2) is 9.84 Å². The van der Waals surface area contributed by atoms with E-state index >= 15 is 0 Å². The maximum Gasteiger partial charge on any atom is 0.263 e. The highest BCUT2D eigenvalue weighted by atomic mass is 32.2. The Morgan fingerprint density at radius 2 is 1.69 bits per heavy atom. The van der Waals surface area contributed by atoms with E-state index < -0.39 is 19.9 Å². The van der Waals surface area contributed by atoms with Gasteiger partial charge in [0.1, 0.15) is 16.2 Å². The second-order valence-corrected chi connectivity index (χ2v) is 10.9. The molecule has 11 heteroatoms. The Bertz CT molecular complexity index is 1670. The molecule has 0 atom stereocenters. The predicted octanol–water partition coefficient (Wildman–Crippen LogP) is 3.31. The van der Waals surface area contributed by atoms with E-state index in [1.54, 1.807) is 24.4 Å². The van der Waals surface area contributed by atoms with Gasteiger partial charge < -0.3 is 4.98 Å². The number of aromatic amines is 2. The number of hydrogen-bond donors (Lipinski definition) is 3. The lowest BCUT2D eigenvalue weighted by molar-refractivity contribution is 0.588. The number of anilines is 1. The second kappa shape index (κ2) is 7.18. The molecule has 0 spiro atoms. The van der Waals surface area contributed by atoms with Gasteiger partial charge in [-0.05, 0) is 48.5 Å². The Morgan fingerprint density at radius 3 is 2.44 bits per heavy atom. The summed E-state index contributed by atoms with van der Waals surface area (Å²) in [4.78, 5) is 6.92. The molecule has 3 N–H and O–H groups in total. The number of pyridine rings is 1. The summed E-state index contributed by atoms with van der Waals surface area (Å²) in [5.74, 6) is 0. The largest absolute Gasteiger partial charge is 0.338 e. The first-order chi connectivity index (χ1) is 15.2. The predicted molar refractivity (Wildman–Crippen MR) is 122 cm³/mol. The summed E-state index contributed by atoms with van der Waals surface area (Å²) in [6.07, 6.45) is 2.66. The first kappa shape index (κ1) is 20.2. The molecule has 0 radical (unpaired) electrons. The van der Waals surface area contributed by atoms with Crippen molar-refractivity contribution in [2.75, 3.05) is 11.0 Å². The van der Waals surface area contributed by atoms with Crippen LogP contribution in [-0.2, 0) is 19.9 Å². The van der Waals surface area contributed by atoms with Gasteiger partial charge >= 0.3 is 0 Å². The maximum atomic E-state index is 13.0. The highest BCUT2D eigenvalue weighted by Gasteiger charge is 2.24. The Balaban J connectivity index is 1.57. The van der Waals surface area contributed by atoms with Gasteiger partial charge in [-0.2, -0.15) is 5.10 Å². The number of sulfonamides is 1. The van der Waals surface area contributed by atoms with Crippen LogP contribution < -0.4 is 4.72 Å². The fourth-order valence-corrected chi connectivity index (χ4v) is 6.24. The molecule has 0 saturated carbocycles. The first-order valence-electron chi connectivity index (χ1n) is 9.46. The average molecular weight is 468 g/mol. The van der Waals surface area contributed by atoms with Crippen LogP contribution in [0.2, 0.25) is 0 Å². The average Bonchev–Trinajstić information content (AvgIpc) is 3.36. The summed E-state index contributed by atoms with van der Waals surface area (Å²) in [5, 5.41) is 8.91. The Kier molecular flexibility index (Phi) is 4.53. The van der Waals surface area contributed by atoms with Crippen molar-refractivity contribution in [3.8, 4) is 11.4 Å². The highest BCUT2D eigenvalue weighted by Crippen LogP contribution is 2.31. The molecule has 0 aliphatic rings. The van der Waals surface area contributed by atoms with Crippen molar-refractivity contribution in [1.29, 1.82) is 0 Å². The Labute approximate surface area is 183 Å². The number of fused-ring (bicyclic) bond motifs is 2. The molecule has 162 valence electrons. The molecule has 5 aromatic rings. The summed E-state index contributed by atoms with van der Waals surface area (Å²) < 4.78 is 52.6. The molecule has 0 amide bonds. The van der Waals surface area contributed by atoms with E-state index in [0.29, 0.717) is 22.2 Å². The summed E-state index contributed by atoms with van der Waals surface area (Å²) >= 11 is 0. The molecule has 3 heterocycles. The third kappa shape index (κ3) is 3.51. The van der Waals surface area contributed by atoms with Crippen molar-refractivity contribution in [3.63, 3.8) is 0 Å². The van der Waals surface area contributed by atoms with Crippen LogP contribution in [0, 0.1) is 0 Å². The highest BCUT2D eigenvalue weighted by molar-refractivity contribution is 7.95. The summed E-state index contributed by atoms with van der Waals surface area (Å²) in [6.45, 7) is 0. The van der Waals surface area contributed by atoms with Crippen molar-refractivity contribution >= 4 is 47.5 Å². The monoisotopic (exact) mass is 467 g/mol. The number of nitrogens with zero attached hydrogens (tertiary/aromatic N) is 2. The zero-order valence-electron chi connectivity index (χ0n) is 16.7. The van der Waals surface area contributed by atoms with E-state index in [-0.39, 0.29) is 15.5 Å². The number of H-pyrrole nitrogens is 2. The van der Waals surface area contributed by atoms with Crippen LogP contribution in [0.3, 0.4) is 0 Å². The molecule has 0 fully saturated rings. The lowest BCUT2D eigenvalue weighted by Crippen LogP contribution is -2.16. The Hall–Kier alpha value is -3.70. The minimum absolute atomic E-state index is 0.261. The van der Waals surface area contributed by atoms with E-state index in [9.17, 15) is 16.8 Å². The van der Waals surface area contributed by atoms with Gasteiger partial charge in [-0.1, -0.05) is 12.1 Å². The minimum atomic E-state index is -4.15. The van der Waals surface area contributed by atoms with Gasteiger partial charge in [-0.25, -0.2) is 21.8 Å². The lowest BCUT2D eigenvalue weighted by Gasteiger charge is -2.11. The van der Waals surface area contributed by atoms with Gasteiger partial charge in [0.25, 0.3) is 10.0 Å². The molecule has 2 aromatic carbocycles. The van der Waals surface area contributed by atoms with E-state index in [2.05, 4.69) is 24.9 Å². The quantitative estimate of drug-likeness (QED) is 0.363. The van der Waals surface area contributed by atoms with Crippen molar-refractivity contribution in [2.45, 2.75) is 9.79 Å². The number of rotatable bonds is 5. The van der Waals surface area contributed by atoms with Crippen molar-refractivity contribution in [3.05, 3.63) is 66.9 Å². The molecular formula is C21H17N5O4S2. The molecule has 5 rings (SSSR count). The maximum absolute atomic E-state index is 13.0. The van der Waals surface area contributed by atoms with Crippen LogP contribution in [0.5, 0.6) is 0 Å². The standard InChI is InChI=1S/C21H17N5O4S2/c1-31(27,28)18-6-2-3-7-19(18)32(29,30)26-14-8-9-16-15(12-14)20(25-24-16)17-11-13-5-4-10-22-21(13)23-17/h2-12,26H,1H3,(H,22,23)(H,24,25). The van der Waals surface area contributed by atoms with E-state index in [4.69, 9.17) is 0 Å². The van der Waals surface area contributed by atoms with Crippen LogP contribution in [0.25, 0.3) is 33.3 Å². The zero-order chi connectivity index (χ0) is 22.5. The molecule has 32 heavy (non-hydrogen) atoms. The van der Waals surface area contributed by atoms with E-state index in [1.165, 1.54) is 24.3 Å². The van der Waals surface area contributed by atoms with Gasteiger partial charge in [-0.15, -0.1) is 0 Å². The summed E-state index contributed by atoms with van der Waals surface area (Å²) in [5.41, 5.74) is 3.04. The van der Waals surface area contributed by atoms with Crippen LogP contribution in [0.1, 0.15) is 0 Å². The van der Waals surface area contributed by atoms with Gasteiger partial charge in [0.05, 0.1) is 16.1 Å². The molecule has 0 bridgehead atoms. The van der Waals surface area contributed by atoms with Crippen LogP contribution in [0.4, 0.5) is 5.69 Å². The number of aromatic nitrogens is 4. The summed E-state index contributed by atoms with van der Waals surface area (Å²) in [7, 11) is -7.89.